The van der Waals surface area contributed by atoms with E-state index in [-0.39, 0.29) is 29.7 Å². The number of fused-ring (bicyclic) bond motifs is 3. The predicted molar refractivity (Wildman–Crippen MR) is 145 cm³/mol. The van der Waals surface area contributed by atoms with Gasteiger partial charge in [0.05, 0.1) is 11.6 Å². The van der Waals surface area contributed by atoms with E-state index in [1.54, 1.807) is 14.1 Å². The molecule has 1 amide bonds. The number of amides is 1. The Bertz CT molecular complexity index is 1300. The molecule has 11 heteroatoms. The lowest BCUT2D eigenvalue weighted by molar-refractivity contribution is -0.153. The van der Waals surface area contributed by atoms with Crippen LogP contribution in [0.4, 0.5) is 5.69 Å². The summed E-state index contributed by atoms with van der Waals surface area (Å²) in [6.07, 6.45) is 2.27. The molecule has 0 aliphatic heterocycles. The van der Waals surface area contributed by atoms with Gasteiger partial charge in [-0.2, -0.15) is 0 Å². The Balaban J connectivity index is 1.92. The summed E-state index contributed by atoms with van der Waals surface area (Å²) in [6.45, 7) is 3.15. The number of nitrogens with two attached hydrogens (primary N) is 1. The van der Waals surface area contributed by atoms with Gasteiger partial charge in [-0.15, -0.1) is 0 Å². The van der Waals surface area contributed by atoms with E-state index in [2.05, 4.69) is 12.2 Å². The number of carbonyl (C=O) groups excluding carboxylic acids is 3. The summed E-state index contributed by atoms with van der Waals surface area (Å²) in [5, 5.41) is 48.8. The number of likely N-dealkylation sites (N-methyl/N-ethyl adjacent to an activating group) is 1. The van der Waals surface area contributed by atoms with Crippen molar-refractivity contribution < 1.29 is 34.8 Å². The van der Waals surface area contributed by atoms with Crippen molar-refractivity contribution in [3.8, 4) is 5.75 Å². The van der Waals surface area contributed by atoms with E-state index in [1.807, 2.05) is 25.1 Å². The molecular weight excluding hydrogens is 504 g/mol. The van der Waals surface area contributed by atoms with Crippen molar-refractivity contribution in [3.05, 3.63) is 39.7 Å². The third-order valence-electron chi connectivity index (χ3n) is 8.28. The van der Waals surface area contributed by atoms with E-state index in [4.69, 9.17) is 5.73 Å². The summed E-state index contributed by atoms with van der Waals surface area (Å²) in [7, 11) is 6.84. The predicted octanol–water partition coefficient (Wildman–Crippen LogP) is 0.920. The van der Waals surface area contributed by atoms with Gasteiger partial charge in [0, 0.05) is 43.4 Å². The number of nitrogens with one attached hydrogen (secondary N) is 1. The van der Waals surface area contributed by atoms with Crippen LogP contribution in [-0.2, 0) is 27.3 Å². The minimum atomic E-state index is -2.65. The van der Waals surface area contributed by atoms with Crippen molar-refractivity contribution in [1.82, 2.24) is 10.2 Å². The maximum absolute atomic E-state index is 14.0. The second-order valence-electron chi connectivity index (χ2n) is 11.1. The van der Waals surface area contributed by atoms with Crippen LogP contribution in [-0.4, -0.2) is 89.2 Å². The molecule has 0 unspecified atom stereocenters. The van der Waals surface area contributed by atoms with Crippen molar-refractivity contribution in [3.63, 3.8) is 0 Å². The summed E-state index contributed by atoms with van der Waals surface area (Å²) in [4.78, 5) is 42.7. The number of ketones is 2. The second kappa shape index (κ2) is 10.3. The molecule has 4 rings (SSSR count). The second-order valence-corrected chi connectivity index (χ2v) is 11.1. The van der Waals surface area contributed by atoms with Crippen molar-refractivity contribution >= 4 is 28.9 Å². The molecule has 7 N–H and O–H groups in total. The molecule has 0 spiro atoms. The normalized spacial score (nSPS) is 26.5. The molecule has 1 aromatic rings. The molecule has 0 aromatic heterocycles. The molecule has 11 nitrogen and oxygen atoms in total. The van der Waals surface area contributed by atoms with Gasteiger partial charge in [0.2, 0.25) is 5.78 Å². The standard InChI is InChI=1S/C28H38N4O7/c1-6-7-8-30-12-14-11-17(31(2)3)15-9-13-10-16-21(32(4)5)24(35)20(27(29)38)26(37)28(16,39)25(36)18(13)23(34)19(15)22(14)33/h11,13,16,21,30,33-34,37,39H,6-10,12H2,1-5H3,(H2,29,38)/t13-,16-,21+,28-/m0/s1. The SMILES string of the molecule is CCCCNCc1cc(N(C)C)c2c(c1O)C(O)=C1C(=O)[C@]3(O)C(O)=C(C(N)=O)C(=O)[C@H](N(C)C)[C@@H]3C[C@@H]1C2. The molecule has 0 saturated heterocycles. The third kappa shape index (κ3) is 4.29. The van der Waals surface area contributed by atoms with Crippen LogP contribution in [0.3, 0.4) is 0 Å². The summed E-state index contributed by atoms with van der Waals surface area (Å²) >= 11 is 0. The zero-order valence-electron chi connectivity index (χ0n) is 23.0. The minimum absolute atomic E-state index is 0.0553. The molecule has 3 aliphatic rings. The van der Waals surface area contributed by atoms with Crippen LogP contribution in [0.25, 0.3) is 5.76 Å². The third-order valence-corrected chi connectivity index (χ3v) is 8.28. The maximum Gasteiger partial charge on any atom is 0.255 e. The Hall–Kier alpha value is -3.41. The quantitative estimate of drug-likeness (QED) is 0.205. The van der Waals surface area contributed by atoms with E-state index < -0.39 is 58.0 Å². The molecule has 3 aliphatic carbocycles. The first-order valence-electron chi connectivity index (χ1n) is 13.2. The molecular formula is C28H38N4O7. The van der Waals surface area contributed by atoms with E-state index in [0.717, 1.165) is 25.1 Å². The number of unbranched alkanes of at least 4 members (excludes halogenated alkanes) is 1. The number of hydrogen-bond acceptors (Lipinski definition) is 10. The summed E-state index contributed by atoms with van der Waals surface area (Å²) in [6, 6.07) is 0.744. The van der Waals surface area contributed by atoms with Crippen LogP contribution < -0.4 is 16.0 Å². The van der Waals surface area contributed by atoms with Crippen molar-refractivity contribution in [2.24, 2.45) is 17.6 Å². The molecule has 1 saturated carbocycles. The fourth-order valence-corrected chi connectivity index (χ4v) is 6.40. The van der Waals surface area contributed by atoms with Crippen molar-refractivity contribution in [2.45, 2.75) is 50.8 Å². The van der Waals surface area contributed by atoms with Crippen LogP contribution in [0.2, 0.25) is 0 Å². The Labute approximate surface area is 227 Å². The van der Waals surface area contributed by atoms with Crippen LogP contribution in [0.5, 0.6) is 5.75 Å². The lowest BCUT2D eigenvalue weighted by Crippen LogP contribution is -2.65. The van der Waals surface area contributed by atoms with Gasteiger partial charge in [0.1, 0.15) is 22.8 Å². The molecule has 39 heavy (non-hydrogen) atoms. The Morgan fingerprint density at radius 1 is 1.18 bits per heavy atom. The van der Waals surface area contributed by atoms with Gasteiger partial charge in [0.15, 0.2) is 11.4 Å². The molecule has 4 atom stereocenters. The molecule has 0 radical (unpaired) electrons. The minimum Gasteiger partial charge on any atom is -0.508 e. The first-order chi connectivity index (χ1) is 18.3. The number of benzene rings is 1. The summed E-state index contributed by atoms with van der Waals surface area (Å²) < 4.78 is 0. The van der Waals surface area contributed by atoms with E-state index >= 15 is 0 Å². The Morgan fingerprint density at radius 2 is 1.85 bits per heavy atom. The molecule has 1 aromatic carbocycles. The van der Waals surface area contributed by atoms with E-state index in [1.165, 1.54) is 4.90 Å². The van der Waals surface area contributed by atoms with Crippen LogP contribution >= 0.6 is 0 Å². The van der Waals surface area contributed by atoms with E-state index in [0.29, 0.717) is 17.7 Å². The maximum atomic E-state index is 14.0. The smallest absolute Gasteiger partial charge is 0.255 e. The highest BCUT2D eigenvalue weighted by Crippen LogP contribution is 2.54. The number of primary amides is 1. The number of nitrogens with zero attached hydrogens (tertiary/aromatic N) is 2. The van der Waals surface area contributed by atoms with Crippen molar-refractivity contribution in [2.75, 3.05) is 39.6 Å². The first-order valence-corrected chi connectivity index (χ1v) is 13.2. The highest BCUT2D eigenvalue weighted by Gasteiger charge is 2.64. The molecule has 212 valence electrons. The number of phenols is 1. The fraction of sp³-hybridized carbons (Fsp3) is 0.536. The highest BCUT2D eigenvalue weighted by molar-refractivity contribution is 6.24. The van der Waals surface area contributed by atoms with Gasteiger partial charge in [-0.1, -0.05) is 13.3 Å². The van der Waals surface area contributed by atoms with Gasteiger partial charge in [-0.05, 0) is 57.5 Å². The lowest BCUT2D eigenvalue weighted by atomic mass is 9.57. The number of rotatable bonds is 8. The molecule has 0 bridgehead atoms. The van der Waals surface area contributed by atoms with Gasteiger partial charge in [-0.3, -0.25) is 19.3 Å². The highest BCUT2D eigenvalue weighted by atomic mass is 16.3. The number of aromatic hydroxyl groups is 1. The average molecular weight is 543 g/mol. The van der Waals surface area contributed by atoms with Gasteiger partial charge in [0.25, 0.3) is 5.91 Å². The first kappa shape index (κ1) is 28.6. The van der Waals surface area contributed by atoms with Gasteiger partial charge in [-0.25, -0.2) is 0 Å². The number of carbonyl (C=O) groups is 3. The molecule has 1 fully saturated rings. The Morgan fingerprint density at radius 3 is 2.41 bits per heavy atom. The number of aliphatic hydroxyl groups excluding tert-OH is 2. The van der Waals surface area contributed by atoms with Gasteiger partial charge >= 0.3 is 0 Å². The Kier molecular flexibility index (Phi) is 7.54. The number of hydrogen-bond donors (Lipinski definition) is 6. The van der Waals surface area contributed by atoms with E-state index in [9.17, 15) is 34.8 Å². The summed E-state index contributed by atoms with van der Waals surface area (Å²) in [5.41, 5.74) is 3.79. The van der Waals surface area contributed by atoms with Crippen LogP contribution in [0, 0.1) is 11.8 Å². The number of anilines is 1. The number of aliphatic hydroxyl groups is 3. The monoisotopic (exact) mass is 542 g/mol. The van der Waals surface area contributed by atoms with Crippen LogP contribution in [0.1, 0.15) is 42.9 Å². The zero-order chi connectivity index (χ0) is 29.0. The number of phenolic OH excluding ortho intramolecular Hbond substituents is 1. The van der Waals surface area contributed by atoms with Crippen LogP contribution in [0.15, 0.2) is 23.0 Å². The molecule has 0 heterocycles. The number of Topliss-reactive ketones (excluding diaryl/α,β-unsaturated/α-hetero) is 2. The van der Waals surface area contributed by atoms with Crippen molar-refractivity contribution in [1.29, 1.82) is 0 Å². The van der Waals surface area contributed by atoms with Gasteiger partial charge < -0.3 is 36.4 Å². The topological polar surface area (TPSA) is 177 Å². The lowest BCUT2D eigenvalue weighted by Gasteiger charge is -2.50. The zero-order valence-corrected chi connectivity index (χ0v) is 23.0. The summed E-state index contributed by atoms with van der Waals surface area (Å²) in [5.74, 6) is -6.51. The largest absolute Gasteiger partial charge is 0.508 e. The average Bonchev–Trinajstić information content (AvgIpc) is 2.84. The fourth-order valence-electron chi connectivity index (χ4n) is 6.40.